The molecule has 17 heavy (non-hydrogen) atoms. The highest BCUT2D eigenvalue weighted by atomic mass is 16.4. The third kappa shape index (κ3) is 4.63. The van der Waals surface area contributed by atoms with Crippen molar-refractivity contribution in [3.8, 4) is 0 Å². The second-order valence-corrected chi connectivity index (χ2v) is 5.16. The summed E-state index contributed by atoms with van der Waals surface area (Å²) in [4.78, 5) is 22.2. The number of carboxylic acids is 1. The number of rotatable bonds is 7. The van der Waals surface area contributed by atoms with E-state index in [1.54, 1.807) is 0 Å². The molecule has 98 valence electrons. The van der Waals surface area contributed by atoms with Crippen LogP contribution in [0.25, 0.3) is 0 Å². The molecule has 5 heteroatoms. The van der Waals surface area contributed by atoms with Gasteiger partial charge < -0.3 is 15.7 Å². The monoisotopic (exact) mass is 242 g/mol. The van der Waals surface area contributed by atoms with Crippen LogP contribution in [0.1, 0.15) is 46.0 Å². The predicted octanol–water partition coefficient (Wildman–Crippen LogP) is 1.73. The summed E-state index contributed by atoms with van der Waals surface area (Å²) < 4.78 is 0. The number of hydrogen-bond acceptors (Lipinski definition) is 2. The maximum absolute atomic E-state index is 11.4. The quantitative estimate of drug-likeness (QED) is 0.595. The lowest BCUT2D eigenvalue weighted by molar-refractivity contribution is -0.140. The first-order valence-electron chi connectivity index (χ1n) is 6.26. The van der Waals surface area contributed by atoms with E-state index in [1.807, 2.05) is 0 Å². The van der Waals surface area contributed by atoms with Gasteiger partial charge in [-0.15, -0.1) is 0 Å². The molecule has 0 aromatic heterocycles. The lowest BCUT2D eigenvalue weighted by atomic mass is 10.1. The average Bonchev–Trinajstić information content (AvgIpc) is 2.97. The Labute approximate surface area is 102 Å². The van der Waals surface area contributed by atoms with Gasteiger partial charge in [0.05, 0.1) is 0 Å². The molecule has 2 amide bonds. The topological polar surface area (TPSA) is 78.4 Å². The Kier molecular flexibility index (Phi) is 4.78. The van der Waals surface area contributed by atoms with E-state index in [-0.39, 0.29) is 6.03 Å². The number of amides is 2. The molecule has 0 atom stereocenters. The van der Waals surface area contributed by atoms with Crippen molar-refractivity contribution in [2.24, 2.45) is 5.92 Å². The molecule has 5 nitrogen and oxygen atoms in total. The highest BCUT2D eigenvalue weighted by molar-refractivity contribution is 5.88. The number of urea groups is 1. The fraction of sp³-hybridized carbons (Fsp3) is 0.833. The van der Waals surface area contributed by atoms with E-state index in [0.717, 1.165) is 19.3 Å². The molecular weight excluding hydrogens is 220 g/mol. The molecule has 1 aliphatic rings. The van der Waals surface area contributed by atoms with Crippen LogP contribution in [0.5, 0.6) is 0 Å². The molecule has 1 aliphatic carbocycles. The second-order valence-electron chi connectivity index (χ2n) is 5.16. The second kappa shape index (κ2) is 5.89. The van der Waals surface area contributed by atoms with E-state index in [1.165, 1.54) is 0 Å². The van der Waals surface area contributed by atoms with E-state index in [9.17, 15) is 9.59 Å². The first-order valence-corrected chi connectivity index (χ1v) is 6.26. The number of carbonyl (C=O) groups is 2. The van der Waals surface area contributed by atoms with Crippen molar-refractivity contribution in [3.63, 3.8) is 0 Å². The Morgan fingerprint density at radius 3 is 2.41 bits per heavy atom. The van der Waals surface area contributed by atoms with Crippen molar-refractivity contribution in [2.45, 2.75) is 51.5 Å². The molecule has 1 saturated carbocycles. The first-order chi connectivity index (χ1) is 7.96. The Balaban J connectivity index is 2.08. The fourth-order valence-corrected chi connectivity index (χ4v) is 1.66. The Hall–Kier alpha value is -1.26. The minimum Gasteiger partial charge on any atom is -0.480 e. The summed E-state index contributed by atoms with van der Waals surface area (Å²) >= 11 is 0. The van der Waals surface area contributed by atoms with E-state index in [0.29, 0.717) is 25.3 Å². The lowest BCUT2D eigenvalue weighted by Gasteiger charge is -2.13. The molecular formula is C12H22N2O3. The van der Waals surface area contributed by atoms with Crippen LogP contribution in [0, 0.1) is 5.92 Å². The number of unbranched alkanes of at least 4 members (excludes halogenated alkanes) is 1. The average molecular weight is 242 g/mol. The van der Waals surface area contributed by atoms with Gasteiger partial charge in [-0.25, -0.2) is 9.59 Å². The summed E-state index contributed by atoms with van der Waals surface area (Å²) in [6, 6.07) is -0.366. The summed E-state index contributed by atoms with van der Waals surface area (Å²) in [6.45, 7) is 4.95. The zero-order valence-corrected chi connectivity index (χ0v) is 10.6. The molecule has 3 N–H and O–H groups in total. The first kappa shape index (κ1) is 13.8. The van der Waals surface area contributed by atoms with Crippen LogP contribution < -0.4 is 10.6 Å². The number of carbonyl (C=O) groups excluding carboxylic acids is 1. The third-order valence-electron chi connectivity index (χ3n) is 3.01. The largest absolute Gasteiger partial charge is 0.480 e. The lowest BCUT2D eigenvalue weighted by Crippen LogP contribution is -2.48. The van der Waals surface area contributed by atoms with Crippen molar-refractivity contribution in [2.75, 3.05) is 6.54 Å². The number of hydrogen-bond donors (Lipinski definition) is 3. The van der Waals surface area contributed by atoms with Crippen LogP contribution in [0.3, 0.4) is 0 Å². The van der Waals surface area contributed by atoms with Crippen molar-refractivity contribution < 1.29 is 14.7 Å². The van der Waals surface area contributed by atoms with Crippen LogP contribution >= 0.6 is 0 Å². The highest BCUT2D eigenvalue weighted by Gasteiger charge is 2.51. The molecule has 0 bridgehead atoms. The summed E-state index contributed by atoms with van der Waals surface area (Å²) in [5, 5.41) is 14.1. The maximum atomic E-state index is 11.4. The Bertz CT molecular complexity index is 285. The predicted molar refractivity (Wildman–Crippen MR) is 64.8 cm³/mol. The number of nitrogens with one attached hydrogen (secondary N) is 2. The van der Waals surface area contributed by atoms with E-state index >= 15 is 0 Å². The molecule has 0 unspecified atom stereocenters. The van der Waals surface area contributed by atoms with Crippen molar-refractivity contribution in [3.05, 3.63) is 0 Å². The zero-order valence-electron chi connectivity index (χ0n) is 10.6. The SMILES string of the molecule is CC(C)CCCCNC(=O)NC1(C(=O)O)CC1. The van der Waals surface area contributed by atoms with Gasteiger partial charge in [-0.05, 0) is 25.2 Å². The van der Waals surface area contributed by atoms with E-state index in [4.69, 9.17) is 5.11 Å². The summed E-state index contributed by atoms with van der Waals surface area (Å²) in [5.74, 6) is -0.252. The summed E-state index contributed by atoms with van der Waals surface area (Å²) in [6.07, 6.45) is 4.24. The molecule has 0 aromatic rings. The molecule has 0 spiro atoms. The van der Waals surface area contributed by atoms with Crippen molar-refractivity contribution in [1.29, 1.82) is 0 Å². The van der Waals surface area contributed by atoms with Crippen molar-refractivity contribution in [1.82, 2.24) is 10.6 Å². The van der Waals surface area contributed by atoms with Gasteiger partial charge in [0, 0.05) is 6.54 Å². The fourth-order valence-electron chi connectivity index (χ4n) is 1.66. The van der Waals surface area contributed by atoms with Gasteiger partial charge in [0.25, 0.3) is 0 Å². The molecule has 1 fully saturated rings. The van der Waals surface area contributed by atoms with Crippen LogP contribution in [-0.4, -0.2) is 29.2 Å². The standard InChI is InChI=1S/C12H22N2O3/c1-9(2)5-3-4-8-13-11(17)14-12(6-7-12)10(15)16/h9H,3-8H2,1-2H3,(H,15,16)(H2,13,14,17). The number of carboxylic acid groups (broad SMARTS) is 1. The normalized spacial score (nSPS) is 16.6. The van der Waals surface area contributed by atoms with Gasteiger partial charge in [0.1, 0.15) is 5.54 Å². The highest BCUT2D eigenvalue weighted by Crippen LogP contribution is 2.35. The van der Waals surface area contributed by atoms with Crippen LogP contribution in [0.15, 0.2) is 0 Å². The molecule has 0 heterocycles. The maximum Gasteiger partial charge on any atom is 0.329 e. The Morgan fingerprint density at radius 1 is 1.29 bits per heavy atom. The van der Waals surface area contributed by atoms with Gasteiger partial charge >= 0.3 is 12.0 Å². The molecule has 1 rings (SSSR count). The van der Waals surface area contributed by atoms with E-state index < -0.39 is 11.5 Å². The van der Waals surface area contributed by atoms with Gasteiger partial charge in [0.15, 0.2) is 0 Å². The minimum atomic E-state index is -0.984. The summed E-state index contributed by atoms with van der Waals surface area (Å²) in [5.41, 5.74) is -0.984. The smallest absolute Gasteiger partial charge is 0.329 e. The third-order valence-corrected chi connectivity index (χ3v) is 3.01. The van der Waals surface area contributed by atoms with Crippen molar-refractivity contribution >= 4 is 12.0 Å². The van der Waals surface area contributed by atoms with E-state index in [2.05, 4.69) is 24.5 Å². The van der Waals surface area contributed by atoms with Crippen LogP contribution in [0.2, 0.25) is 0 Å². The van der Waals surface area contributed by atoms with Crippen LogP contribution in [-0.2, 0) is 4.79 Å². The van der Waals surface area contributed by atoms with Gasteiger partial charge in [-0.1, -0.05) is 26.7 Å². The molecule has 0 saturated heterocycles. The minimum absolute atomic E-state index is 0.366. The van der Waals surface area contributed by atoms with Gasteiger partial charge in [-0.2, -0.15) is 0 Å². The summed E-state index contributed by atoms with van der Waals surface area (Å²) in [7, 11) is 0. The zero-order chi connectivity index (χ0) is 12.9. The molecule has 0 aliphatic heterocycles. The molecule has 0 aromatic carbocycles. The van der Waals surface area contributed by atoms with Crippen LogP contribution in [0.4, 0.5) is 4.79 Å². The number of aliphatic carboxylic acids is 1. The Morgan fingerprint density at radius 2 is 1.94 bits per heavy atom. The van der Waals surface area contributed by atoms with Gasteiger partial charge in [-0.3, -0.25) is 0 Å². The molecule has 0 radical (unpaired) electrons. The van der Waals surface area contributed by atoms with Gasteiger partial charge in [0.2, 0.25) is 0 Å².